The van der Waals surface area contributed by atoms with E-state index in [0.29, 0.717) is 22.3 Å². The van der Waals surface area contributed by atoms with Crippen LogP contribution < -0.4 is 4.72 Å². The largest absolute Gasteiger partial charge is 0.465 e. The van der Waals surface area contributed by atoms with Crippen LogP contribution in [0.4, 0.5) is 10.5 Å². The van der Waals surface area contributed by atoms with Crippen LogP contribution in [0.5, 0.6) is 0 Å². The van der Waals surface area contributed by atoms with E-state index in [-0.39, 0.29) is 12.2 Å². The monoisotopic (exact) mass is 459 g/mol. The highest BCUT2D eigenvalue weighted by atomic mass is 32.2. The number of esters is 1. The molecule has 9 nitrogen and oxygen atoms in total. The number of anilines is 1. The predicted octanol–water partition coefficient (Wildman–Crippen LogP) is 3.59. The van der Waals surface area contributed by atoms with Crippen molar-refractivity contribution in [3.8, 4) is 0 Å². The number of aromatic nitrogens is 2. The maximum absolute atomic E-state index is 12.5. The van der Waals surface area contributed by atoms with Crippen LogP contribution >= 0.6 is 0 Å². The number of rotatable bonds is 6. The number of pyridine rings is 1. The first kappa shape index (κ1) is 23.3. The van der Waals surface area contributed by atoms with Crippen molar-refractivity contribution < 1.29 is 27.5 Å². The first-order valence-corrected chi connectivity index (χ1v) is 11.5. The van der Waals surface area contributed by atoms with E-state index in [1.54, 1.807) is 57.4 Å². The van der Waals surface area contributed by atoms with Gasteiger partial charge >= 0.3 is 12.1 Å². The Labute approximate surface area is 186 Å². The number of nitrogens with one attached hydrogen (secondary N) is 1. The topological polar surface area (TPSA) is 117 Å². The van der Waals surface area contributed by atoms with Crippen LogP contribution in [0.1, 0.15) is 36.8 Å². The number of benzene rings is 1. The molecule has 0 spiro atoms. The van der Waals surface area contributed by atoms with Crippen molar-refractivity contribution in [1.82, 2.24) is 9.55 Å². The van der Waals surface area contributed by atoms with Gasteiger partial charge in [0.15, 0.2) is 0 Å². The maximum Gasteiger partial charge on any atom is 0.418 e. The van der Waals surface area contributed by atoms with Crippen molar-refractivity contribution >= 4 is 38.5 Å². The summed E-state index contributed by atoms with van der Waals surface area (Å²) in [6, 6.07) is 8.13. The number of methoxy groups -OCH3 is 1. The highest BCUT2D eigenvalue weighted by Crippen LogP contribution is 2.22. The number of aryl methyl sites for hydroxylation is 1. The van der Waals surface area contributed by atoms with Gasteiger partial charge in [0.05, 0.1) is 18.4 Å². The summed E-state index contributed by atoms with van der Waals surface area (Å²) in [5, 5.41) is 1.46. The highest BCUT2D eigenvalue weighted by molar-refractivity contribution is 7.92. The predicted molar refractivity (Wildman–Crippen MR) is 120 cm³/mol. The Morgan fingerprint density at radius 1 is 1.09 bits per heavy atom. The molecule has 32 heavy (non-hydrogen) atoms. The summed E-state index contributed by atoms with van der Waals surface area (Å²) in [4.78, 5) is 27.8. The van der Waals surface area contributed by atoms with E-state index in [0.717, 1.165) is 5.39 Å². The standard InChI is InChI=1S/C22H25N3O6S/c1-22(2,3)31-21(27)25-13-16-6-8-19(11-17(16)14-25)24-32(28,29)10-9-18-7-5-15(12-23-18)20(26)30-4/h5-8,11-14,24H,9-10H2,1-4H3. The average molecular weight is 460 g/mol. The van der Waals surface area contributed by atoms with E-state index in [1.807, 2.05) is 0 Å². The fourth-order valence-electron chi connectivity index (χ4n) is 2.91. The Kier molecular flexibility index (Phi) is 6.54. The van der Waals surface area contributed by atoms with Crippen LogP contribution in [0, 0.1) is 0 Å². The zero-order valence-corrected chi connectivity index (χ0v) is 19.1. The fourth-order valence-corrected chi connectivity index (χ4v) is 3.97. The molecule has 0 saturated heterocycles. The van der Waals surface area contributed by atoms with E-state index >= 15 is 0 Å². The van der Waals surface area contributed by atoms with Crippen LogP contribution in [-0.4, -0.2) is 48.5 Å². The number of carbonyl (C=O) groups excluding carboxylic acids is 2. The fraction of sp³-hybridized carbons (Fsp3) is 0.318. The molecule has 0 aliphatic rings. The molecule has 2 heterocycles. The maximum atomic E-state index is 12.5. The summed E-state index contributed by atoms with van der Waals surface area (Å²) in [5.74, 6) is -0.691. The molecule has 10 heteroatoms. The summed E-state index contributed by atoms with van der Waals surface area (Å²) in [7, 11) is -2.37. The Bertz CT molecular complexity index is 1240. The number of fused-ring (bicyclic) bond motifs is 1. The number of ether oxygens (including phenoxy) is 2. The van der Waals surface area contributed by atoms with Gasteiger partial charge in [-0.3, -0.25) is 14.3 Å². The Morgan fingerprint density at radius 2 is 1.81 bits per heavy atom. The summed E-state index contributed by atoms with van der Waals surface area (Å²) in [5.41, 5.74) is 0.591. The normalized spacial score (nSPS) is 11.9. The lowest BCUT2D eigenvalue weighted by atomic mass is 10.2. The van der Waals surface area contributed by atoms with Crippen LogP contribution in [-0.2, 0) is 25.9 Å². The van der Waals surface area contributed by atoms with Gasteiger partial charge in [-0.1, -0.05) is 6.07 Å². The lowest BCUT2D eigenvalue weighted by molar-refractivity contribution is 0.0536. The Hall–Kier alpha value is -3.40. The molecule has 0 atom stereocenters. The van der Waals surface area contributed by atoms with Crippen LogP contribution in [0.25, 0.3) is 10.8 Å². The van der Waals surface area contributed by atoms with Gasteiger partial charge in [-0.15, -0.1) is 0 Å². The SMILES string of the molecule is COC(=O)c1ccc(CCS(=O)(=O)Nc2ccc3cn(C(=O)OC(C)(C)C)cc3c2)nc1. The molecule has 0 fully saturated rings. The van der Waals surface area contributed by atoms with E-state index in [1.165, 1.54) is 23.9 Å². The van der Waals surface area contributed by atoms with Gasteiger partial charge in [-0.2, -0.15) is 0 Å². The van der Waals surface area contributed by atoms with Crippen molar-refractivity contribution in [3.05, 3.63) is 60.2 Å². The van der Waals surface area contributed by atoms with Gasteiger partial charge in [0, 0.05) is 47.2 Å². The smallest absolute Gasteiger partial charge is 0.418 e. The molecule has 1 aromatic carbocycles. The number of sulfonamides is 1. The van der Waals surface area contributed by atoms with Crippen LogP contribution in [0.3, 0.4) is 0 Å². The minimum absolute atomic E-state index is 0.175. The van der Waals surface area contributed by atoms with Crippen molar-refractivity contribution in [2.24, 2.45) is 0 Å². The Morgan fingerprint density at radius 3 is 2.44 bits per heavy atom. The quantitative estimate of drug-likeness (QED) is 0.560. The van der Waals surface area contributed by atoms with Crippen LogP contribution in [0.2, 0.25) is 0 Å². The molecule has 0 aliphatic heterocycles. The van der Waals surface area contributed by atoms with Gasteiger partial charge in [0.2, 0.25) is 10.0 Å². The lowest BCUT2D eigenvalue weighted by Gasteiger charge is -2.19. The second-order valence-electron chi connectivity index (χ2n) is 8.19. The molecule has 0 aliphatic carbocycles. The Balaban J connectivity index is 1.66. The number of hydrogen-bond acceptors (Lipinski definition) is 7. The minimum Gasteiger partial charge on any atom is -0.465 e. The molecular weight excluding hydrogens is 434 g/mol. The molecule has 170 valence electrons. The third kappa shape index (κ3) is 6.07. The molecular formula is C22H25N3O6S. The summed E-state index contributed by atoms with van der Waals surface area (Å²) in [6.07, 6.45) is 4.24. The van der Waals surface area contributed by atoms with Gasteiger partial charge < -0.3 is 9.47 Å². The third-order valence-corrected chi connectivity index (χ3v) is 5.68. The first-order valence-electron chi connectivity index (χ1n) is 9.85. The van der Waals surface area contributed by atoms with Gasteiger partial charge in [-0.05, 0) is 45.0 Å². The average Bonchev–Trinajstić information content (AvgIpc) is 3.14. The summed E-state index contributed by atoms with van der Waals surface area (Å²) >= 11 is 0. The van der Waals surface area contributed by atoms with Gasteiger partial charge in [-0.25, -0.2) is 18.0 Å². The number of carbonyl (C=O) groups is 2. The molecule has 3 rings (SSSR count). The van der Waals surface area contributed by atoms with Crippen molar-refractivity contribution in [3.63, 3.8) is 0 Å². The van der Waals surface area contributed by atoms with Crippen molar-refractivity contribution in [1.29, 1.82) is 0 Å². The lowest BCUT2D eigenvalue weighted by Crippen LogP contribution is -2.26. The number of nitrogens with zero attached hydrogens (tertiary/aromatic N) is 2. The summed E-state index contributed by atoms with van der Waals surface area (Å²) in [6.45, 7) is 5.35. The van der Waals surface area contributed by atoms with E-state index < -0.39 is 27.7 Å². The van der Waals surface area contributed by atoms with Crippen LogP contribution in [0.15, 0.2) is 48.9 Å². The van der Waals surface area contributed by atoms with E-state index in [2.05, 4.69) is 14.4 Å². The highest BCUT2D eigenvalue weighted by Gasteiger charge is 2.18. The zero-order valence-electron chi connectivity index (χ0n) is 18.3. The van der Waals surface area contributed by atoms with Crippen molar-refractivity contribution in [2.45, 2.75) is 32.8 Å². The third-order valence-electron chi connectivity index (χ3n) is 4.39. The van der Waals surface area contributed by atoms with Crippen molar-refractivity contribution in [2.75, 3.05) is 17.6 Å². The van der Waals surface area contributed by atoms with E-state index in [9.17, 15) is 18.0 Å². The molecule has 0 saturated carbocycles. The van der Waals surface area contributed by atoms with Gasteiger partial charge in [0.25, 0.3) is 0 Å². The molecule has 2 aromatic heterocycles. The second kappa shape index (κ2) is 8.99. The van der Waals surface area contributed by atoms with Gasteiger partial charge in [0.1, 0.15) is 5.60 Å². The van der Waals surface area contributed by atoms with E-state index in [4.69, 9.17) is 4.74 Å². The summed E-state index contributed by atoms with van der Waals surface area (Å²) < 4.78 is 38.8. The molecule has 0 bridgehead atoms. The number of hydrogen-bond donors (Lipinski definition) is 1. The minimum atomic E-state index is -3.65. The molecule has 3 aromatic rings. The molecule has 0 amide bonds. The molecule has 0 radical (unpaired) electrons. The second-order valence-corrected chi connectivity index (χ2v) is 10.0. The molecule has 0 unspecified atom stereocenters. The zero-order chi connectivity index (χ0) is 23.5. The first-order chi connectivity index (χ1) is 15.0. The molecule has 1 N–H and O–H groups in total.